The molecule has 6 nitrogen and oxygen atoms in total. The van der Waals surface area contributed by atoms with Crippen molar-refractivity contribution in [2.45, 2.75) is 64.7 Å². The highest BCUT2D eigenvalue weighted by molar-refractivity contribution is 5.70. The van der Waals surface area contributed by atoms with E-state index in [2.05, 4.69) is 5.32 Å². The van der Waals surface area contributed by atoms with Gasteiger partial charge in [0.15, 0.2) is 0 Å². The molecule has 26 heavy (non-hydrogen) atoms. The molecule has 1 aromatic carbocycles. The van der Waals surface area contributed by atoms with Crippen LogP contribution in [-0.2, 0) is 16.1 Å². The van der Waals surface area contributed by atoms with Crippen LogP contribution in [0.15, 0.2) is 30.3 Å². The summed E-state index contributed by atoms with van der Waals surface area (Å²) in [6.07, 6.45) is 1.54. The molecule has 144 valence electrons. The van der Waals surface area contributed by atoms with E-state index in [0.29, 0.717) is 19.5 Å². The Morgan fingerprint density at radius 1 is 1.23 bits per heavy atom. The number of piperidine rings is 1. The average Bonchev–Trinajstić information content (AvgIpc) is 2.59. The molecule has 6 heteroatoms. The molecule has 1 atom stereocenters. The lowest BCUT2D eigenvalue weighted by atomic mass is 9.86. The van der Waals surface area contributed by atoms with Crippen molar-refractivity contribution in [2.75, 3.05) is 13.1 Å². The van der Waals surface area contributed by atoms with Crippen molar-refractivity contribution in [3.63, 3.8) is 0 Å². The molecule has 0 spiro atoms. The molecule has 0 aliphatic carbocycles. The van der Waals surface area contributed by atoms with Gasteiger partial charge in [-0.1, -0.05) is 37.3 Å². The van der Waals surface area contributed by atoms with E-state index >= 15 is 0 Å². The Morgan fingerprint density at radius 3 is 2.54 bits per heavy atom. The Hall–Kier alpha value is -2.24. The number of hydrogen-bond donors (Lipinski definition) is 1. The van der Waals surface area contributed by atoms with Gasteiger partial charge in [-0.2, -0.15) is 0 Å². The minimum Gasteiger partial charge on any atom is -0.445 e. The normalized spacial score (nSPS) is 20.4. The number of alkyl carbamates (subject to hydrolysis) is 1. The Balaban J connectivity index is 1.93. The van der Waals surface area contributed by atoms with E-state index in [1.807, 2.05) is 58.0 Å². The van der Waals surface area contributed by atoms with E-state index < -0.39 is 17.2 Å². The molecule has 1 heterocycles. The summed E-state index contributed by atoms with van der Waals surface area (Å²) in [4.78, 5) is 26.3. The van der Waals surface area contributed by atoms with E-state index in [1.165, 1.54) is 0 Å². The minimum atomic E-state index is -0.536. The lowest BCUT2D eigenvalue weighted by molar-refractivity contribution is 0.00966. The molecule has 0 aromatic heterocycles. The third-order valence-corrected chi connectivity index (χ3v) is 4.49. The van der Waals surface area contributed by atoms with Gasteiger partial charge in [0.1, 0.15) is 12.2 Å². The van der Waals surface area contributed by atoms with Gasteiger partial charge in [-0.25, -0.2) is 9.59 Å². The van der Waals surface area contributed by atoms with Crippen molar-refractivity contribution in [1.29, 1.82) is 0 Å². The number of benzene rings is 1. The molecule has 1 saturated heterocycles. The second-order valence-corrected chi connectivity index (χ2v) is 7.83. The van der Waals surface area contributed by atoms with Crippen molar-refractivity contribution >= 4 is 12.2 Å². The van der Waals surface area contributed by atoms with Gasteiger partial charge < -0.3 is 19.7 Å². The number of carbonyl (C=O) groups is 2. The van der Waals surface area contributed by atoms with Gasteiger partial charge in [0, 0.05) is 13.1 Å². The van der Waals surface area contributed by atoms with Crippen molar-refractivity contribution in [2.24, 2.45) is 0 Å². The molecule has 1 aromatic rings. The van der Waals surface area contributed by atoms with Crippen LogP contribution >= 0.6 is 0 Å². The monoisotopic (exact) mass is 362 g/mol. The minimum absolute atomic E-state index is 0.224. The zero-order chi connectivity index (χ0) is 19.2. The van der Waals surface area contributed by atoms with Crippen LogP contribution in [0.1, 0.15) is 52.5 Å². The molecule has 2 amide bonds. The Bertz CT molecular complexity index is 612. The van der Waals surface area contributed by atoms with Crippen LogP contribution in [0.2, 0.25) is 0 Å². The summed E-state index contributed by atoms with van der Waals surface area (Å²) >= 11 is 0. The molecule has 1 aliphatic heterocycles. The van der Waals surface area contributed by atoms with Gasteiger partial charge in [-0.05, 0) is 45.6 Å². The number of nitrogens with one attached hydrogen (secondary N) is 1. The maximum Gasteiger partial charge on any atom is 0.410 e. The number of carbonyl (C=O) groups excluding carboxylic acids is 2. The van der Waals surface area contributed by atoms with Gasteiger partial charge in [0.05, 0.1) is 5.54 Å². The van der Waals surface area contributed by atoms with Gasteiger partial charge in [-0.3, -0.25) is 0 Å². The number of likely N-dealkylation sites (tertiary alicyclic amines) is 1. The average molecular weight is 362 g/mol. The molecule has 1 N–H and O–H groups in total. The molecule has 0 saturated carbocycles. The van der Waals surface area contributed by atoms with Crippen LogP contribution in [0.3, 0.4) is 0 Å². The zero-order valence-electron chi connectivity index (χ0n) is 16.2. The van der Waals surface area contributed by atoms with E-state index in [4.69, 9.17) is 9.47 Å². The fourth-order valence-corrected chi connectivity index (χ4v) is 3.07. The summed E-state index contributed by atoms with van der Waals surface area (Å²) in [7, 11) is 0. The highest BCUT2D eigenvalue weighted by Gasteiger charge is 2.38. The SMILES string of the molecule is CCC1(NC(=O)OCc2ccccc2)CCCN(C(=O)OC(C)(C)C)C1. The van der Waals surface area contributed by atoms with Crippen LogP contribution in [-0.4, -0.2) is 41.3 Å². The van der Waals surface area contributed by atoms with Crippen LogP contribution < -0.4 is 5.32 Å². The fraction of sp³-hybridized carbons (Fsp3) is 0.600. The molecular formula is C20H30N2O4. The predicted octanol–water partition coefficient (Wildman–Crippen LogP) is 4.09. The topological polar surface area (TPSA) is 67.9 Å². The first-order chi connectivity index (χ1) is 12.2. The van der Waals surface area contributed by atoms with Gasteiger partial charge in [0.25, 0.3) is 0 Å². The highest BCUT2D eigenvalue weighted by Crippen LogP contribution is 2.26. The first kappa shape index (κ1) is 20.1. The number of hydrogen-bond acceptors (Lipinski definition) is 4. The van der Waals surface area contributed by atoms with E-state index in [1.54, 1.807) is 4.90 Å². The van der Waals surface area contributed by atoms with Crippen molar-refractivity contribution in [1.82, 2.24) is 10.2 Å². The van der Waals surface area contributed by atoms with E-state index in [-0.39, 0.29) is 12.7 Å². The lowest BCUT2D eigenvalue weighted by Gasteiger charge is -2.42. The zero-order valence-corrected chi connectivity index (χ0v) is 16.2. The first-order valence-electron chi connectivity index (χ1n) is 9.20. The van der Waals surface area contributed by atoms with E-state index in [9.17, 15) is 9.59 Å². The second kappa shape index (κ2) is 8.43. The van der Waals surface area contributed by atoms with Gasteiger partial charge >= 0.3 is 12.2 Å². The molecule has 1 unspecified atom stereocenters. The molecule has 0 bridgehead atoms. The van der Waals surface area contributed by atoms with E-state index in [0.717, 1.165) is 18.4 Å². The first-order valence-corrected chi connectivity index (χ1v) is 9.20. The maximum atomic E-state index is 12.4. The summed E-state index contributed by atoms with van der Waals surface area (Å²) in [5, 5.41) is 2.99. The quantitative estimate of drug-likeness (QED) is 0.876. The van der Waals surface area contributed by atoms with Gasteiger partial charge in [0.2, 0.25) is 0 Å². The number of rotatable bonds is 4. The fourth-order valence-electron chi connectivity index (χ4n) is 3.07. The van der Waals surface area contributed by atoms with Crippen LogP contribution in [0.4, 0.5) is 9.59 Å². The summed E-state index contributed by atoms with van der Waals surface area (Å²) in [5.41, 5.74) is -0.0822. The third kappa shape index (κ3) is 5.93. The smallest absolute Gasteiger partial charge is 0.410 e. The summed E-state index contributed by atoms with van der Waals surface area (Å²) < 4.78 is 10.8. The molecule has 1 aliphatic rings. The standard InChI is InChI=1S/C20H30N2O4/c1-5-20(21-17(23)25-14-16-10-7-6-8-11-16)12-9-13-22(15-20)18(24)26-19(2,3)4/h6-8,10-11H,5,9,12-15H2,1-4H3,(H,21,23). The molecular weight excluding hydrogens is 332 g/mol. The third-order valence-electron chi connectivity index (χ3n) is 4.49. The molecule has 2 rings (SSSR count). The van der Waals surface area contributed by atoms with Crippen LogP contribution in [0.25, 0.3) is 0 Å². The number of ether oxygens (including phenoxy) is 2. The lowest BCUT2D eigenvalue weighted by Crippen LogP contribution is -2.59. The van der Waals surface area contributed by atoms with Gasteiger partial charge in [-0.15, -0.1) is 0 Å². The Labute approximate surface area is 155 Å². The number of nitrogens with zero attached hydrogens (tertiary/aromatic N) is 1. The second-order valence-electron chi connectivity index (χ2n) is 7.83. The predicted molar refractivity (Wildman–Crippen MR) is 99.8 cm³/mol. The van der Waals surface area contributed by atoms with Crippen LogP contribution in [0, 0.1) is 0 Å². The molecule has 0 radical (unpaired) electrons. The Kier molecular flexibility index (Phi) is 6.51. The van der Waals surface area contributed by atoms with Crippen LogP contribution in [0.5, 0.6) is 0 Å². The van der Waals surface area contributed by atoms with Crippen molar-refractivity contribution < 1.29 is 19.1 Å². The summed E-state index contributed by atoms with van der Waals surface area (Å²) in [5.74, 6) is 0. The highest BCUT2D eigenvalue weighted by atomic mass is 16.6. The largest absolute Gasteiger partial charge is 0.445 e. The number of amides is 2. The van der Waals surface area contributed by atoms with Crippen molar-refractivity contribution in [3.05, 3.63) is 35.9 Å². The summed E-state index contributed by atoms with van der Waals surface area (Å²) in [6.45, 7) is 8.85. The molecule has 1 fully saturated rings. The maximum absolute atomic E-state index is 12.4. The Morgan fingerprint density at radius 2 is 1.92 bits per heavy atom. The summed E-state index contributed by atoms with van der Waals surface area (Å²) in [6, 6.07) is 9.55. The van der Waals surface area contributed by atoms with Crippen molar-refractivity contribution in [3.8, 4) is 0 Å².